The number of aryl methyl sites for hydroxylation is 1. The van der Waals surface area contributed by atoms with E-state index in [0.717, 1.165) is 6.54 Å². The minimum Gasteiger partial charge on any atom is -0.330 e. The molecule has 1 aliphatic rings. The van der Waals surface area contributed by atoms with E-state index in [1.54, 1.807) is 0 Å². The highest BCUT2D eigenvalue weighted by Crippen LogP contribution is 2.35. The maximum Gasteiger partial charge on any atom is 0.0125 e. The lowest BCUT2D eigenvalue weighted by atomic mass is 9.83. The summed E-state index contributed by atoms with van der Waals surface area (Å²) in [6.07, 6.45) is 3.72. The first kappa shape index (κ1) is 12.8. The molecule has 0 unspecified atom stereocenters. The highest BCUT2D eigenvalue weighted by atomic mass is 32.2. The van der Waals surface area contributed by atoms with Gasteiger partial charge < -0.3 is 5.73 Å². The molecule has 3 rings (SSSR count). The van der Waals surface area contributed by atoms with E-state index in [1.165, 1.54) is 40.2 Å². The molecular formula is C17H19NS. The monoisotopic (exact) mass is 269 g/mol. The van der Waals surface area contributed by atoms with E-state index in [2.05, 4.69) is 48.5 Å². The van der Waals surface area contributed by atoms with E-state index in [4.69, 9.17) is 5.73 Å². The van der Waals surface area contributed by atoms with Crippen LogP contribution in [0.5, 0.6) is 0 Å². The molecule has 0 spiro atoms. The van der Waals surface area contributed by atoms with E-state index in [9.17, 15) is 0 Å². The molecule has 2 aromatic carbocycles. The van der Waals surface area contributed by atoms with Gasteiger partial charge in [-0.15, -0.1) is 0 Å². The zero-order valence-corrected chi connectivity index (χ0v) is 11.8. The van der Waals surface area contributed by atoms with Crippen molar-refractivity contribution in [2.45, 2.75) is 35.0 Å². The Bertz CT molecular complexity index is 550. The predicted molar refractivity (Wildman–Crippen MR) is 81.7 cm³/mol. The van der Waals surface area contributed by atoms with Gasteiger partial charge in [-0.3, -0.25) is 0 Å². The minimum absolute atomic E-state index is 0.569. The maximum absolute atomic E-state index is 5.87. The average Bonchev–Trinajstić information content (AvgIpc) is 2.47. The summed E-state index contributed by atoms with van der Waals surface area (Å²) in [5, 5.41) is 0. The third-order valence-electron chi connectivity index (χ3n) is 3.82. The van der Waals surface area contributed by atoms with Crippen LogP contribution in [0.3, 0.4) is 0 Å². The fourth-order valence-corrected chi connectivity index (χ4v) is 3.73. The fourth-order valence-electron chi connectivity index (χ4n) is 2.82. The lowest BCUT2D eigenvalue weighted by Crippen LogP contribution is -2.18. The Balaban J connectivity index is 1.85. The number of fused-ring (bicyclic) bond motifs is 1. The molecule has 0 aromatic heterocycles. The molecule has 0 fully saturated rings. The highest BCUT2D eigenvalue weighted by molar-refractivity contribution is 7.99. The molecular weight excluding hydrogens is 250 g/mol. The number of hydrogen-bond acceptors (Lipinski definition) is 2. The predicted octanol–water partition coefficient (Wildman–Crippen LogP) is 4.22. The van der Waals surface area contributed by atoms with Crippen LogP contribution in [0.15, 0.2) is 58.3 Å². The number of rotatable bonds is 3. The van der Waals surface area contributed by atoms with Crippen molar-refractivity contribution in [3.63, 3.8) is 0 Å². The highest BCUT2D eigenvalue weighted by Gasteiger charge is 2.19. The van der Waals surface area contributed by atoms with Gasteiger partial charge in [-0.25, -0.2) is 0 Å². The molecule has 1 nitrogen and oxygen atoms in total. The van der Waals surface area contributed by atoms with Crippen LogP contribution in [0.2, 0.25) is 0 Å². The van der Waals surface area contributed by atoms with Gasteiger partial charge in [-0.1, -0.05) is 36.0 Å². The summed E-state index contributed by atoms with van der Waals surface area (Å²) in [5.41, 5.74) is 8.85. The number of hydrogen-bond donors (Lipinski definition) is 1. The van der Waals surface area contributed by atoms with Crippen LogP contribution >= 0.6 is 11.8 Å². The SMILES string of the molecule is NC[C@@H]1CCCc2cc(Sc3ccccc3)ccc21. The molecule has 1 atom stereocenters. The van der Waals surface area contributed by atoms with Crippen molar-refractivity contribution in [3.8, 4) is 0 Å². The Labute approximate surface area is 119 Å². The molecule has 0 saturated carbocycles. The lowest BCUT2D eigenvalue weighted by molar-refractivity contribution is 0.560. The molecule has 19 heavy (non-hydrogen) atoms. The summed E-state index contributed by atoms with van der Waals surface area (Å²) in [4.78, 5) is 2.64. The van der Waals surface area contributed by atoms with Crippen LogP contribution in [-0.4, -0.2) is 6.54 Å². The summed E-state index contributed by atoms with van der Waals surface area (Å²) in [6.45, 7) is 0.776. The first-order chi connectivity index (χ1) is 9.36. The van der Waals surface area contributed by atoms with Gasteiger partial charge in [0.05, 0.1) is 0 Å². The molecule has 1 aliphatic carbocycles. The first-order valence-corrected chi connectivity index (χ1v) is 7.74. The second-order valence-electron chi connectivity index (χ2n) is 5.10. The van der Waals surface area contributed by atoms with Gasteiger partial charge >= 0.3 is 0 Å². The zero-order chi connectivity index (χ0) is 13.1. The summed E-state index contributed by atoms with van der Waals surface area (Å²) in [5.74, 6) is 0.569. The van der Waals surface area contributed by atoms with E-state index < -0.39 is 0 Å². The van der Waals surface area contributed by atoms with Gasteiger partial charge in [0.15, 0.2) is 0 Å². The molecule has 2 N–H and O–H groups in total. The van der Waals surface area contributed by atoms with Crippen molar-refractivity contribution in [1.29, 1.82) is 0 Å². The second kappa shape index (κ2) is 5.81. The molecule has 0 aliphatic heterocycles. The van der Waals surface area contributed by atoms with E-state index in [0.29, 0.717) is 5.92 Å². The molecule has 0 radical (unpaired) electrons. The maximum atomic E-state index is 5.87. The Morgan fingerprint density at radius 2 is 1.89 bits per heavy atom. The van der Waals surface area contributed by atoms with E-state index in [1.807, 2.05) is 11.8 Å². The third kappa shape index (κ3) is 2.85. The summed E-state index contributed by atoms with van der Waals surface area (Å²) in [7, 11) is 0. The standard InChI is InChI=1S/C17H19NS/c18-12-14-6-4-5-13-11-16(9-10-17(13)14)19-15-7-2-1-3-8-15/h1-3,7-11,14H,4-6,12,18H2/t14-/m0/s1. The van der Waals surface area contributed by atoms with Crippen molar-refractivity contribution >= 4 is 11.8 Å². The largest absolute Gasteiger partial charge is 0.330 e. The normalized spacial score (nSPS) is 18.1. The number of nitrogens with two attached hydrogens (primary N) is 1. The summed E-state index contributed by atoms with van der Waals surface area (Å²) in [6, 6.07) is 17.4. The fraction of sp³-hybridized carbons (Fsp3) is 0.294. The van der Waals surface area contributed by atoms with Crippen LogP contribution in [0.4, 0.5) is 0 Å². The summed E-state index contributed by atoms with van der Waals surface area (Å²) < 4.78 is 0. The quantitative estimate of drug-likeness (QED) is 0.903. The van der Waals surface area contributed by atoms with Crippen LogP contribution in [0.25, 0.3) is 0 Å². The van der Waals surface area contributed by atoms with E-state index in [-0.39, 0.29) is 0 Å². The first-order valence-electron chi connectivity index (χ1n) is 6.92. The topological polar surface area (TPSA) is 26.0 Å². The average molecular weight is 269 g/mol. The molecule has 0 saturated heterocycles. The van der Waals surface area contributed by atoms with Gasteiger partial charge in [-0.05, 0) is 67.1 Å². The Kier molecular flexibility index (Phi) is 3.90. The number of benzene rings is 2. The van der Waals surface area contributed by atoms with Gasteiger partial charge in [0, 0.05) is 9.79 Å². The third-order valence-corrected chi connectivity index (χ3v) is 4.81. The molecule has 98 valence electrons. The van der Waals surface area contributed by atoms with E-state index >= 15 is 0 Å². The van der Waals surface area contributed by atoms with Crippen molar-refractivity contribution in [2.75, 3.05) is 6.54 Å². The zero-order valence-electron chi connectivity index (χ0n) is 11.0. The van der Waals surface area contributed by atoms with Crippen LogP contribution in [0, 0.1) is 0 Å². The van der Waals surface area contributed by atoms with Crippen molar-refractivity contribution < 1.29 is 0 Å². The smallest absolute Gasteiger partial charge is 0.0125 e. The second-order valence-corrected chi connectivity index (χ2v) is 6.25. The summed E-state index contributed by atoms with van der Waals surface area (Å²) >= 11 is 1.84. The Morgan fingerprint density at radius 3 is 2.68 bits per heavy atom. The van der Waals surface area contributed by atoms with Gasteiger partial charge in [0.1, 0.15) is 0 Å². The minimum atomic E-state index is 0.569. The molecule has 2 aromatic rings. The molecule has 0 bridgehead atoms. The van der Waals surface area contributed by atoms with Gasteiger partial charge in [0.2, 0.25) is 0 Å². The Hall–Kier alpha value is -1.25. The van der Waals surface area contributed by atoms with Crippen molar-refractivity contribution in [3.05, 3.63) is 59.7 Å². The van der Waals surface area contributed by atoms with Crippen molar-refractivity contribution in [2.24, 2.45) is 5.73 Å². The molecule has 0 heterocycles. The van der Waals surface area contributed by atoms with Gasteiger partial charge in [-0.2, -0.15) is 0 Å². The molecule has 0 amide bonds. The van der Waals surface area contributed by atoms with Gasteiger partial charge in [0.25, 0.3) is 0 Å². The van der Waals surface area contributed by atoms with Crippen molar-refractivity contribution in [1.82, 2.24) is 0 Å². The van der Waals surface area contributed by atoms with Crippen LogP contribution < -0.4 is 5.73 Å². The molecule has 2 heteroatoms. The lowest BCUT2D eigenvalue weighted by Gasteiger charge is -2.24. The van der Waals surface area contributed by atoms with Crippen LogP contribution in [0.1, 0.15) is 29.9 Å². The Morgan fingerprint density at radius 1 is 1.05 bits per heavy atom. The van der Waals surface area contributed by atoms with Crippen LogP contribution in [-0.2, 0) is 6.42 Å².